The van der Waals surface area contributed by atoms with E-state index in [1.807, 2.05) is 0 Å². The minimum atomic E-state index is -1.15. The number of fused-ring (bicyclic) bond motifs is 2. The van der Waals surface area contributed by atoms with E-state index in [2.05, 4.69) is 25.7 Å². The van der Waals surface area contributed by atoms with Crippen LogP contribution in [0.25, 0.3) is 22.1 Å². The van der Waals surface area contributed by atoms with E-state index in [1.54, 1.807) is 6.92 Å². The van der Waals surface area contributed by atoms with Crippen molar-refractivity contribution < 1.29 is 24.5 Å². The van der Waals surface area contributed by atoms with Crippen LogP contribution >= 0.6 is 0 Å². The summed E-state index contributed by atoms with van der Waals surface area (Å²) in [7, 11) is 1.50. The number of nitro groups is 2. The Kier molecular flexibility index (Phi) is 7.84. The van der Waals surface area contributed by atoms with Crippen molar-refractivity contribution >= 4 is 45.2 Å². The second kappa shape index (κ2) is 10.5. The lowest BCUT2D eigenvalue weighted by Gasteiger charge is -1.95. The van der Waals surface area contributed by atoms with Crippen LogP contribution in [0, 0.1) is 20.2 Å². The fourth-order valence-corrected chi connectivity index (χ4v) is 2.78. The third-order valence-electron chi connectivity index (χ3n) is 4.31. The molecule has 4 aromatic heterocycles. The second-order valence-corrected chi connectivity index (χ2v) is 6.18. The molecule has 4 aromatic rings. The molecule has 0 bridgehead atoms. The van der Waals surface area contributed by atoms with E-state index in [-0.39, 0.29) is 28.1 Å². The Morgan fingerprint density at radius 2 is 1.36 bits per heavy atom. The molecule has 0 fully saturated rings. The number of nitrogens with zero attached hydrogens (tertiary/aromatic N) is 4. The van der Waals surface area contributed by atoms with Gasteiger partial charge in [0.2, 0.25) is 0 Å². The zero-order valence-electron chi connectivity index (χ0n) is 17.4. The predicted octanol–water partition coefficient (Wildman–Crippen LogP) is 2.81. The van der Waals surface area contributed by atoms with E-state index in [1.165, 1.54) is 37.8 Å². The van der Waals surface area contributed by atoms with Gasteiger partial charge in [0.15, 0.2) is 5.78 Å². The van der Waals surface area contributed by atoms with Crippen molar-refractivity contribution in [3.8, 4) is 0 Å². The number of nitrogens with two attached hydrogens (primary N) is 1. The summed E-state index contributed by atoms with van der Waals surface area (Å²) in [5.41, 5.74) is 5.39. The van der Waals surface area contributed by atoms with Crippen LogP contribution in [0.15, 0.2) is 36.9 Å². The summed E-state index contributed by atoms with van der Waals surface area (Å²) >= 11 is 0. The third-order valence-corrected chi connectivity index (χ3v) is 4.31. The topological polar surface area (TPSA) is 224 Å². The Hall–Kier alpha value is -4.72. The van der Waals surface area contributed by atoms with E-state index < -0.39 is 15.8 Å². The summed E-state index contributed by atoms with van der Waals surface area (Å²) in [5, 5.41) is 30.6. The molecule has 14 heteroatoms. The van der Waals surface area contributed by atoms with Crippen LogP contribution in [-0.2, 0) is 0 Å². The van der Waals surface area contributed by atoms with Gasteiger partial charge in [0.1, 0.15) is 23.7 Å². The highest BCUT2D eigenvalue weighted by Gasteiger charge is 2.16. The smallest absolute Gasteiger partial charge is 0.337 e. The van der Waals surface area contributed by atoms with E-state index in [0.717, 1.165) is 6.20 Å². The van der Waals surface area contributed by atoms with Gasteiger partial charge in [-0.05, 0) is 7.05 Å². The summed E-state index contributed by atoms with van der Waals surface area (Å²) in [6, 6.07) is 2.55. The lowest BCUT2D eigenvalue weighted by molar-refractivity contribution is -0.385. The van der Waals surface area contributed by atoms with E-state index in [0.29, 0.717) is 28.7 Å². The first-order valence-corrected chi connectivity index (χ1v) is 9.30. The van der Waals surface area contributed by atoms with Crippen molar-refractivity contribution in [2.24, 2.45) is 5.73 Å². The zero-order chi connectivity index (χ0) is 24.7. The molecule has 0 aliphatic carbocycles. The van der Waals surface area contributed by atoms with Crippen LogP contribution in [0.5, 0.6) is 0 Å². The number of aromatic carboxylic acids is 1. The standard InChI is InChI=1S/C10H9N3O3.C8H5N3O4.CH5N/c1-2-9(14)8-5-12-10-7(8)3-6(4-11-10)13(15)16;12-8(13)6-3-10-7-5(6)1-4(2-9-7)11(14)15;1-2/h3-5H,2H2,1H3,(H,11,12);1-3H,(H,9,10)(H,12,13);2H2,1H3. The molecule has 0 unspecified atom stereocenters. The number of carboxylic acids is 1. The number of carbonyl (C=O) groups is 2. The number of pyridine rings is 2. The van der Waals surface area contributed by atoms with Gasteiger partial charge in [0.25, 0.3) is 11.4 Å². The minimum absolute atomic E-state index is 0.0267. The molecule has 0 aliphatic heterocycles. The number of hydrogen-bond donors (Lipinski definition) is 4. The molecule has 0 atom stereocenters. The Bertz CT molecular complexity index is 1340. The zero-order valence-corrected chi connectivity index (χ0v) is 17.4. The SMILES string of the molecule is CCC(=O)c1c[nH]c2ncc([N+](=O)[O-])cc12.CN.O=C(O)c1c[nH]c2ncc([N+](=O)[O-])cc12. The molecule has 172 valence electrons. The number of aromatic nitrogens is 4. The predicted molar refractivity (Wildman–Crippen MR) is 117 cm³/mol. The van der Waals surface area contributed by atoms with Crippen molar-refractivity contribution in [1.82, 2.24) is 19.9 Å². The van der Waals surface area contributed by atoms with E-state index in [9.17, 15) is 29.8 Å². The first-order chi connectivity index (χ1) is 15.7. The second-order valence-electron chi connectivity index (χ2n) is 6.18. The van der Waals surface area contributed by atoms with Gasteiger partial charge in [0, 0.05) is 47.3 Å². The molecule has 0 radical (unpaired) electrons. The number of aromatic amines is 2. The quantitative estimate of drug-likeness (QED) is 0.195. The molecule has 0 aliphatic rings. The van der Waals surface area contributed by atoms with Crippen molar-refractivity contribution in [1.29, 1.82) is 0 Å². The summed E-state index contributed by atoms with van der Waals surface area (Å²) in [4.78, 5) is 55.3. The average molecular weight is 457 g/mol. The molecule has 4 rings (SSSR count). The van der Waals surface area contributed by atoms with Crippen LogP contribution in [-0.4, -0.2) is 53.7 Å². The van der Waals surface area contributed by atoms with Crippen LogP contribution in [0.3, 0.4) is 0 Å². The number of hydrogen-bond acceptors (Lipinski definition) is 9. The fraction of sp³-hybridized carbons (Fsp3) is 0.158. The Labute approximate surface area is 184 Å². The summed E-state index contributed by atoms with van der Waals surface area (Å²) in [6.07, 6.45) is 5.39. The molecule has 0 saturated carbocycles. The van der Waals surface area contributed by atoms with Crippen LogP contribution in [0.4, 0.5) is 11.4 Å². The summed E-state index contributed by atoms with van der Waals surface area (Å²) in [6.45, 7) is 1.74. The average Bonchev–Trinajstić information content (AvgIpc) is 3.43. The molecule has 14 nitrogen and oxygen atoms in total. The Morgan fingerprint density at radius 3 is 1.76 bits per heavy atom. The normalized spacial score (nSPS) is 10.0. The number of ketones is 1. The molecule has 33 heavy (non-hydrogen) atoms. The van der Waals surface area contributed by atoms with Crippen molar-refractivity contribution in [2.75, 3.05) is 7.05 Å². The molecule has 4 heterocycles. The van der Waals surface area contributed by atoms with Gasteiger partial charge in [-0.15, -0.1) is 0 Å². The molecular formula is C19H19N7O7. The number of nitrogens with one attached hydrogen (secondary N) is 2. The maximum atomic E-state index is 11.6. The number of Topliss-reactive ketones (excluding diaryl/α,β-unsaturated/α-hetero) is 1. The number of H-pyrrole nitrogens is 2. The van der Waals surface area contributed by atoms with Gasteiger partial charge in [-0.3, -0.25) is 25.0 Å². The van der Waals surface area contributed by atoms with Crippen LogP contribution in [0.1, 0.15) is 34.1 Å². The van der Waals surface area contributed by atoms with E-state index >= 15 is 0 Å². The maximum absolute atomic E-state index is 11.6. The lowest BCUT2D eigenvalue weighted by Crippen LogP contribution is -1.95. The van der Waals surface area contributed by atoms with Crippen LogP contribution < -0.4 is 5.73 Å². The van der Waals surface area contributed by atoms with Crippen molar-refractivity contribution in [3.63, 3.8) is 0 Å². The molecule has 0 aromatic carbocycles. The van der Waals surface area contributed by atoms with Crippen molar-refractivity contribution in [3.05, 3.63) is 68.3 Å². The summed E-state index contributed by atoms with van der Waals surface area (Å²) < 4.78 is 0. The highest BCUT2D eigenvalue weighted by Crippen LogP contribution is 2.23. The van der Waals surface area contributed by atoms with Gasteiger partial charge in [0.05, 0.1) is 15.4 Å². The first kappa shape index (κ1) is 24.5. The van der Waals surface area contributed by atoms with Crippen LogP contribution in [0.2, 0.25) is 0 Å². The first-order valence-electron chi connectivity index (χ1n) is 9.30. The maximum Gasteiger partial charge on any atom is 0.337 e. The molecule has 0 spiro atoms. The fourth-order valence-electron chi connectivity index (χ4n) is 2.78. The monoisotopic (exact) mass is 457 g/mol. The van der Waals surface area contributed by atoms with Gasteiger partial charge >= 0.3 is 5.97 Å². The molecule has 0 saturated heterocycles. The van der Waals surface area contributed by atoms with Gasteiger partial charge < -0.3 is 20.8 Å². The highest BCUT2D eigenvalue weighted by atomic mass is 16.6. The molecule has 5 N–H and O–H groups in total. The molecule has 0 amide bonds. The van der Waals surface area contributed by atoms with Gasteiger partial charge in [-0.1, -0.05) is 6.92 Å². The minimum Gasteiger partial charge on any atom is -0.478 e. The number of rotatable bonds is 5. The van der Waals surface area contributed by atoms with Gasteiger partial charge in [-0.2, -0.15) is 0 Å². The number of carbonyl (C=O) groups excluding carboxylic acids is 1. The van der Waals surface area contributed by atoms with Gasteiger partial charge in [-0.25, -0.2) is 14.8 Å². The number of carboxylic acid groups (broad SMARTS) is 1. The third kappa shape index (κ3) is 5.31. The molecular weight excluding hydrogens is 438 g/mol. The lowest BCUT2D eigenvalue weighted by atomic mass is 10.1. The largest absolute Gasteiger partial charge is 0.478 e. The van der Waals surface area contributed by atoms with Crippen molar-refractivity contribution in [2.45, 2.75) is 13.3 Å². The Morgan fingerprint density at radius 1 is 0.939 bits per heavy atom. The highest BCUT2D eigenvalue weighted by molar-refractivity contribution is 6.07. The van der Waals surface area contributed by atoms with E-state index in [4.69, 9.17) is 5.11 Å². The Balaban J connectivity index is 0.000000218. The summed E-state index contributed by atoms with van der Waals surface area (Å²) in [5.74, 6) is -1.21.